The van der Waals surface area contributed by atoms with Crippen LogP contribution in [0.1, 0.15) is 27.2 Å². The van der Waals surface area contributed by atoms with Gasteiger partial charge < -0.3 is 10.6 Å². The number of hydrogen-bond acceptors (Lipinski definition) is 4. The molecule has 0 saturated heterocycles. The van der Waals surface area contributed by atoms with Gasteiger partial charge in [-0.15, -0.1) is 0 Å². The van der Waals surface area contributed by atoms with Gasteiger partial charge in [0.05, 0.1) is 28.8 Å². The summed E-state index contributed by atoms with van der Waals surface area (Å²) in [6.07, 6.45) is 1.64. The van der Waals surface area contributed by atoms with Gasteiger partial charge in [0, 0.05) is 30.1 Å². The second-order valence-corrected chi connectivity index (χ2v) is 7.23. The van der Waals surface area contributed by atoms with Gasteiger partial charge >= 0.3 is 0 Å². The second-order valence-electron chi connectivity index (χ2n) is 7.23. The summed E-state index contributed by atoms with van der Waals surface area (Å²) in [6, 6.07) is 15.2. The van der Waals surface area contributed by atoms with Crippen LogP contribution in [0, 0.1) is 18.6 Å². The van der Waals surface area contributed by atoms with Crippen molar-refractivity contribution >= 4 is 34.4 Å². The number of carbonyl (C=O) groups is 1. The molecule has 3 N–H and O–H groups in total. The van der Waals surface area contributed by atoms with Crippen molar-refractivity contribution < 1.29 is 13.6 Å². The number of aryl methyl sites for hydroxylation is 1. The van der Waals surface area contributed by atoms with E-state index in [9.17, 15) is 13.6 Å². The number of H-pyrrole nitrogens is 1. The molecule has 4 aromatic rings. The third kappa shape index (κ3) is 4.20. The normalized spacial score (nSPS) is 11.2. The van der Waals surface area contributed by atoms with Crippen molar-refractivity contribution in [2.75, 3.05) is 12.4 Å². The maximum atomic E-state index is 14.2. The van der Waals surface area contributed by atoms with E-state index >= 15 is 0 Å². The molecule has 3 aromatic carbocycles. The zero-order valence-corrected chi connectivity index (χ0v) is 17.5. The lowest BCUT2D eigenvalue weighted by Crippen LogP contribution is -2.24. The number of benzene rings is 3. The molecule has 8 heteroatoms. The Morgan fingerprint density at radius 3 is 2.78 bits per heavy atom. The number of aliphatic imine (C=N–C) groups is 1. The van der Waals surface area contributed by atoms with Gasteiger partial charge in [-0.2, -0.15) is 5.10 Å². The highest BCUT2D eigenvalue weighted by atomic mass is 19.1. The highest BCUT2D eigenvalue weighted by Gasteiger charge is 2.14. The first-order chi connectivity index (χ1) is 15.5. The molecule has 0 aliphatic heterocycles. The number of para-hydroxylation sites is 1. The fraction of sp³-hybridized carbons (Fsp3) is 0.125. The maximum Gasteiger partial charge on any atom is 0.251 e. The maximum absolute atomic E-state index is 14.2. The molecule has 0 unspecified atom stereocenters. The van der Waals surface area contributed by atoms with Crippen LogP contribution >= 0.6 is 0 Å². The average Bonchev–Trinajstić information content (AvgIpc) is 3.23. The van der Waals surface area contributed by atoms with Gasteiger partial charge in [-0.05, 0) is 42.8 Å². The van der Waals surface area contributed by atoms with E-state index in [1.807, 2.05) is 24.3 Å². The van der Waals surface area contributed by atoms with E-state index in [1.165, 1.54) is 12.1 Å². The molecule has 0 spiro atoms. The molecular weight excluding hydrogens is 412 g/mol. The molecule has 6 nitrogen and oxygen atoms in total. The highest BCUT2D eigenvalue weighted by molar-refractivity contribution is 5.99. The lowest BCUT2D eigenvalue weighted by atomic mass is 10.1. The van der Waals surface area contributed by atoms with Crippen LogP contribution in [0.4, 0.5) is 20.2 Å². The van der Waals surface area contributed by atoms with Gasteiger partial charge in [0.2, 0.25) is 0 Å². The molecule has 1 heterocycles. The number of anilines is 1. The van der Waals surface area contributed by atoms with Crippen molar-refractivity contribution in [1.82, 2.24) is 15.5 Å². The first kappa shape index (κ1) is 21.2. The van der Waals surface area contributed by atoms with Crippen LogP contribution in [0.15, 0.2) is 59.6 Å². The second kappa shape index (κ2) is 8.97. The number of carbonyl (C=O) groups excluding carboxylic acids is 1. The van der Waals surface area contributed by atoms with Gasteiger partial charge in [-0.3, -0.25) is 14.9 Å². The third-order valence-electron chi connectivity index (χ3n) is 5.16. The van der Waals surface area contributed by atoms with Gasteiger partial charge in [-0.1, -0.05) is 24.3 Å². The predicted octanol–water partition coefficient (Wildman–Crippen LogP) is 4.87. The number of amides is 1. The minimum absolute atomic E-state index is 0.172. The Bertz CT molecular complexity index is 1330. The third-order valence-corrected chi connectivity index (χ3v) is 5.16. The number of fused-ring (bicyclic) bond motifs is 1. The zero-order chi connectivity index (χ0) is 22.7. The summed E-state index contributed by atoms with van der Waals surface area (Å²) >= 11 is 0. The topological polar surface area (TPSA) is 82.2 Å². The molecule has 0 fully saturated rings. The quantitative estimate of drug-likeness (QED) is 0.380. The summed E-state index contributed by atoms with van der Waals surface area (Å²) in [4.78, 5) is 17.2. The summed E-state index contributed by atoms with van der Waals surface area (Å²) < 4.78 is 28.2. The molecule has 4 rings (SSSR count). The number of nitrogens with zero attached hydrogens (tertiary/aromatic N) is 2. The predicted molar refractivity (Wildman–Crippen MR) is 122 cm³/mol. The van der Waals surface area contributed by atoms with Crippen LogP contribution in [0.2, 0.25) is 0 Å². The minimum atomic E-state index is -0.698. The fourth-order valence-electron chi connectivity index (χ4n) is 3.35. The Balaban J connectivity index is 1.56. The van der Waals surface area contributed by atoms with E-state index in [0.29, 0.717) is 16.8 Å². The Morgan fingerprint density at radius 2 is 1.97 bits per heavy atom. The highest BCUT2D eigenvalue weighted by Crippen LogP contribution is 2.26. The number of aromatic amines is 1. The molecular formula is C24H21F2N5O. The van der Waals surface area contributed by atoms with E-state index in [-0.39, 0.29) is 12.1 Å². The average molecular weight is 433 g/mol. The van der Waals surface area contributed by atoms with E-state index < -0.39 is 17.5 Å². The summed E-state index contributed by atoms with van der Waals surface area (Å²) in [6.45, 7) is 1.29. The molecule has 0 bridgehead atoms. The largest absolute Gasteiger partial charge is 0.386 e. The summed E-state index contributed by atoms with van der Waals surface area (Å²) in [5.74, 6) is -1.82. The molecule has 1 amide bonds. The van der Waals surface area contributed by atoms with Gasteiger partial charge in [-0.25, -0.2) is 8.78 Å². The monoisotopic (exact) mass is 433 g/mol. The summed E-state index contributed by atoms with van der Waals surface area (Å²) in [7, 11) is 1.75. The Morgan fingerprint density at radius 1 is 1.16 bits per heavy atom. The van der Waals surface area contributed by atoms with Crippen LogP contribution in [-0.2, 0) is 6.54 Å². The van der Waals surface area contributed by atoms with Crippen molar-refractivity contribution in [3.8, 4) is 0 Å². The minimum Gasteiger partial charge on any atom is -0.386 e. The standard InChI is InChI=1S/C24H21F2N5O/c1-14-7-9-18(25)17(23(14)26)12-29-24(32)15-8-10-20(27-2)21(11-15)28-13-22-16-5-3-4-6-19(16)30-31-22/h3-11,13,27H,12H2,1-2H3,(H,29,32)(H,30,31). The Labute approximate surface area is 183 Å². The number of halogens is 2. The first-order valence-corrected chi connectivity index (χ1v) is 9.98. The lowest BCUT2D eigenvalue weighted by Gasteiger charge is -2.11. The molecule has 0 aliphatic carbocycles. The zero-order valence-electron chi connectivity index (χ0n) is 17.5. The van der Waals surface area contributed by atoms with Crippen LogP contribution in [-0.4, -0.2) is 29.4 Å². The number of rotatable bonds is 6. The molecule has 0 atom stereocenters. The van der Waals surface area contributed by atoms with Crippen molar-refractivity contribution in [1.29, 1.82) is 0 Å². The molecule has 0 aliphatic rings. The SMILES string of the molecule is CNc1ccc(C(=O)NCc2c(F)ccc(C)c2F)cc1N=Cc1[nH]nc2ccccc12. The number of hydrogen-bond donors (Lipinski definition) is 3. The van der Waals surface area contributed by atoms with Crippen LogP contribution in [0.5, 0.6) is 0 Å². The summed E-state index contributed by atoms with van der Waals surface area (Å²) in [5, 5.41) is 13.7. The van der Waals surface area contributed by atoms with Gasteiger partial charge in [0.1, 0.15) is 11.6 Å². The number of nitrogens with one attached hydrogen (secondary N) is 3. The van der Waals surface area contributed by atoms with Crippen molar-refractivity contribution in [3.05, 3.63) is 88.6 Å². The van der Waals surface area contributed by atoms with E-state index in [2.05, 4.69) is 25.8 Å². The van der Waals surface area contributed by atoms with Crippen LogP contribution in [0.3, 0.4) is 0 Å². The van der Waals surface area contributed by atoms with E-state index in [1.54, 1.807) is 38.4 Å². The molecule has 32 heavy (non-hydrogen) atoms. The molecule has 0 radical (unpaired) electrons. The summed E-state index contributed by atoms with van der Waals surface area (Å²) in [5.41, 5.74) is 3.28. The smallest absolute Gasteiger partial charge is 0.251 e. The van der Waals surface area contributed by atoms with E-state index in [4.69, 9.17) is 0 Å². The van der Waals surface area contributed by atoms with E-state index in [0.717, 1.165) is 22.3 Å². The molecule has 162 valence electrons. The van der Waals surface area contributed by atoms with Crippen molar-refractivity contribution in [3.63, 3.8) is 0 Å². The van der Waals surface area contributed by atoms with Gasteiger partial charge in [0.25, 0.3) is 5.91 Å². The van der Waals surface area contributed by atoms with Crippen molar-refractivity contribution in [2.45, 2.75) is 13.5 Å². The first-order valence-electron chi connectivity index (χ1n) is 9.98. The Hall–Kier alpha value is -4.07. The molecule has 0 saturated carbocycles. The lowest BCUT2D eigenvalue weighted by molar-refractivity contribution is 0.0950. The Kier molecular flexibility index (Phi) is 5.93. The fourth-order valence-corrected chi connectivity index (χ4v) is 3.35. The number of aromatic nitrogens is 2. The molecule has 1 aromatic heterocycles. The van der Waals surface area contributed by atoms with Gasteiger partial charge in [0.15, 0.2) is 0 Å². The van der Waals surface area contributed by atoms with Crippen molar-refractivity contribution in [2.24, 2.45) is 4.99 Å². The van der Waals surface area contributed by atoms with Crippen LogP contribution in [0.25, 0.3) is 10.9 Å². The van der Waals surface area contributed by atoms with Crippen LogP contribution < -0.4 is 10.6 Å².